The lowest BCUT2D eigenvalue weighted by molar-refractivity contribution is -0.156. The number of ether oxygens (including phenoxy) is 3. The number of anilines is 2. The van der Waals surface area contributed by atoms with Crippen LogP contribution in [-0.2, 0) is 34.1 Å². The van der Waals surface area contributed by atoms with Gasteiger partial charge < -0.3 is 25.3 Å². The van der Waals surface area contributed by atoms with Crippen LogP contribution in [0, 0.1) is 19.3 Å². The predicted molar refractivity (Wildman–Crippen MR) is 172 cm³/mol. The molecule has 3 aromatic carbocycles. The van der Waals surface area contributed by atoms with Crippen LogP contribution in [0.5, 0.6) is 5.75 Å². The van der Waals surface area contributed by atoms with Crippen molar-refractivity contribution in [2.45, 2.75) is 60.4 Å². The van der Waals surface area contributed by atoms with E-state index in [0.717, 1.165) is 55.6 Å². The van der Waals surface area contributed by atoms with Gasteiger partial charge in [-0.3, -0.25) is 4.79 Å². The zero-order valence-electron chi connectivity index (χ0n) is 25.5. The molecule has 4 rings (SSSR count). The molecule has 42 heavy (non-hydrogen) atoms. The molecule has 1 heterocycles. The molecular weight excluding hydrogens is 544 g/mol. The first-order valence-corrected chi connectivity index (χ1v) is 15.1. The van der Waals surface area contributed by atoms with Gasteiger partial charge >= 0.3 is 5.97 Å². The number of nitrogens with two attached hydrogens (primary N) is 1. The lowest BCUT2D eigenvalue weighted by Gasteiger charge is -2.33. The van der Waals surface area contributed by atoms with Crippen LogP contribution < -0.4 is 15.8 Å². The molecular formula is C35H42N2O4S. The standard InChI is InChI=1S/C35H42N2O4S/c1-7-37-30-18-17-29(23(2)33(30)36)32(35(4,5)34(38)41-21-25-11-9-8-10-12-25)31-19-27(24(3)42-31)22-40-20-26-13-15-28(39-6)16-14-26/h8-19,32,37H,7,20-22,36H2,1-6H3/t32-/m0/s1. The molecule has 0 spiro atoms. The number of benzene rings is 3. The maximum absolute atomic E-state index is 13.8. The summed E-state index contributed by atoms with van der Waals surface area (Å²) in [6.07, 6.45) is 0. The number of hydrogen-bond donors (Lipinski definition) is 2. The number of carbonyl (C=O) groups is 1. The summed E-state index contributed by atoms with van der Waals surface area (Å²) in [4.78, 5) is 16.0. The molecule has 0 saturated heterocycles. The number of carbonyl (C=O) groups excluding carboxylic acids is 1. The zero-order valence-corrected chi connectivity index (χ0v) is 26.3. The highest BCUT2D eigenvalue weighted by Crippen LogP contribution is 2.48. The normalized spacial score (nSPS) is 12.1. The number of rotatable bonds is 13. The van der Waals surface area contributed by atoms with Gasteiger partial charge in [-0.15, -0.1) is 11.3 Å². The van der Waals surface area contributed by atoms with Crippen molar-refractivity contribution in [3.05, 3.63) is 110 Å². The molecule has 0 amide bonds. The Morgan fingerprint density at radius 3 is 2.31 bits per heavy atom. The highest BCUT2D eigenvalue weighted by atomic mass is 32.1. The lowest BCUT2D eigenvalue weighted by atomic mass is 9.72. The Balaban J connectivity index is 1.63. The number of nitrogen functional groups attached to an aromatic ring is 1. The largest absolute Gasteiger partial charge is 0.497 e. The van der Waals surface area contributed by atoms with E-state index in [9.17, 15) is 4.79 Å². The molecule has 0 aliphatic rings. The summed E-state index contributed by atoms with van der Waals surface area (Å²) in [6, 6.07) is 23.9. The van der Waals surface area contributed by atoms with Gasteiger partial charge in [-0.05, 0) is 86.7 Å². The number of aryl methyl sites for hydroxylation is 1. The third kappa shape index (κ3) is 7.15. The van der Waals surface area contributed by atoms with E-state index in [1.165, 1.54) is 0 Å². The van der Waals surface area contributed by atoms with Gasteiger partial charge in [0.05, 0.1) is 37.1 Å². The van der Waals surface area contributed by atoms with Crippen molar-refractivity contribution in [3.63, 3.8) is 0 Å². The molecule has 4 aromatic rings. The molecule has 6 nitrogen and oxygen atoms in total. The highest BCUT2D eigenvalue weighted by Gasteiger charge is 2.42. The van der Waals surface area contributed by atoms with Crippen LogP contribution in [0.3, 0.4) is 0 Å². The monoisotopic (exact) mass is 586 g/mol. The summed E-state index contributed by atoms with van der Waals surface area (Å²) in [5.74, 6) is 0.300. The summed E-state index contributed by atoms with van der Waals surface area (Å²) in [7, 11) is 1.66. The van der Waals surface area contributed by atoms with Crippen molar-refractivity contribution >= 4 is 28.7 Å². The van der Waals surface area contributed by atoms with Gasteiger partial charge in [0.25, 0.3) is 0 Å². The van der Waals surface area contributed by atoms with Crippen LogP contribution in [0.4, 0.5) is 11.4 Å². The Hall–Kier alpha value is -3.81. The molecule has 7 heteroatoms. The second-order valence-corrected chi connectivity index (χ2v) is 12.3. The fraction of sp³-hybridized carbons (Fsp3) is 0.343. The number of thiophene rings is 1. The zero-order chi connectivity index (χ0) is 30.3. The Morgan fingerprint density at radius 1 is 0.952 bits per heavy atom. The van der Waals surface area contributed by atoms with Crippen molar-refractivity contribution in [2.24, 2.45) is 5.41 Å². The summed E-state index contributed by atoms with van der Waals surface area (Å²) in [5, 5.41) is 3.34. The minimum absolute atomic E-state index is 0.226. The first-order valence-electron chi connectivity index (χ1n) is 14.3. The van der Waals surface area contributed by atoms with Crippen LogP contribution in [0.1, 0.15) is 64.3 Å². The molecule has 0 aliphatic heterocycles. The lowest BCUT2D eigenvalue weighted by Crippen LogP contribution is -2.34. The quantitative estimate of drug-likeness (QED) is 0.122. The Bertz CT molecular complexity index is 1480. The fourth-order valence-corrected chi connectivity index (χ4v) is 6.50. The molecule has 0 fully saturated rings. The van der Waals surface area contributed by atoms with Crippen LogP contribution in [0.25, 0.3) is 0 Å². The average molecular weight is 587 g/mol. The molecule has 1 atom stereocenters. The van der Waals surface area contributed by atoms with Crippen molar-refractivity contribution in [3.8, 4) is 5.75 Å². The molecule has 1 aromatic heterocycles. The summed E-state index contributed by atoms with van der Waals surface area (Å²) >= 11 is 1.70. The molecule has 222 valence electrons. The summed E-state index contributed by atoms with van der Waals surface area (Å²) in [6.45, 7) is 12.1. The van der Waals surface area contributed by atoms with Crippen molar-refractivity contribution in [1.82, 2.24) is 0 Å². The van der Waals surface area contributed by atoms with Gasteiger partial charge in [-0.25, -0.2) is 0 Å². The van der Waals surface area contributed by atoms with Crippen LogP contribution in [-0.4, -0.2) is 19.6 Å². The van der Waals surface area contributed by atoms with E-state index >= 15 is 0 Å². The Morgan fingerprint density at radius 2 is 1.64 bits per heavy atom. The molecule has 3 N–H and O–H groups in total. The van der Waals surface area contributed by atoms with Gasteiger partial charge in [0.15, 0.2) is 0 Å². The van der Waals surface area contributed by atoms with E-state index < -0.39 is 5.41 Å². The first kappa shape index (κ1) is 31.1. The van der Waals surface area contributed by atoms with E-state index in [2.05, 4.69) is 24.4 Å². The molecule has 0 aliphatic carbocycles. The number of nitrogens with one attached hydrogen (secondary N) is 1. The third-order valence-electron chi connectivity index (χ3n) is 7.71. The molecule has 0 bridgehead atoms. The maximum Gasteiger partial charge on any atom is 0.312 e. The fourth-order valence-electron chi connectivity index (χ4n) is 5.16. The average Bonchev–Trinajstić information content (AvgIpc) is 3.35. The van der Waals surface area contributed by atoms with E-state index in [-0.39, 0.29) is 18.5 Å². The van der Waals surface area contributed by atoms with Crippen LogP contribution in [0.15, 0.2) is 72.8 Å². The van der Waals surface area contributed by atoms with Gasteiger partial charge in [0.2, 0.25) is 0 Å². The Kier molecular flexibility index (Phi) is 10.3. The molecule has 0 unspecified atom stereocenters. The SMILES string of the molecule is CCNc1ccc([C@@H](c2cc(COCc3ccc(OC)cc3)c(C)s2)C(C)(C)C(=O)OCc2ccccc2)c(C)c1N. The van der Waals surface area contributed by atoms with Crippen molar-refractivity contribution in [2.75, 3.05) is 24.7 Å². The second kappa shape index (κ2) is 13.9. The van der Waals surface area contributed by atoms with E-state index in [4.69, 9.17) is 19.9 Å². The third-order valence-corrected chi connectivity index (χ3v) is 8.86. The van der Waals surface area contributed by atoms with E-state index in [0.29, 0.717) is 18.9 Å². The van der Waals surface area contributed by atoms with E-state index in [1.54, 1.807) is 18.4 Å². The first-order chi connectivity index (χ1) is 20.1. The summed E-state index contributed by atoms with van der Waals surface area (Å²) < 4.78 is 17.3. The van der Waals surface area contributed by atoms with Crippen LogP contribution in [0.2, 0.25) is 0 Å². The summed E-state index contributed by atoms with van der Waals surface area (Å²) in [5.41, 5.74) is 12.5. The number of esters is 1. The predicted octanol–water partition coefficient (Wildman–Crippen LogP) is 8.01. The van der Waals surface area contributed by atoms with Gasteiger partial charge in [0.1, 0.15) is 12.4 Å². The van der Waals surface area contributed by atoms with Gasteiger partial charge in [-0.1, -0.05) is 48.5 Å². The van der Waals surface area contributed by atoms with Crippen molar-refractivity contribution in [1.29, 1.82) is 0 Å². The molecule has 0 radical (unpaired) electrons. The van der Waals surface area contributed by atoms with E-state index in [1.807, 2.05) is 88.4 Å². The highest BCUT2D eigenvalue weighted by molar-refractivity contribution is 7.12. The number of methoxy groups -OCH3 is 1. The maximum atomic E-state index is 13.8. The second-order valence-electron chi connectivity index (χ2n) is 11.1. The van der Waals surface area contributed by atoms with Gasteiger partial charge in [-0.2, -0.15) is 0 Å². The smallest absolute Gasteiger partial charge is 0.312 e. The van der Waals surface area contributed by atoms with Crippen molar-refractivity contribution < 1.29 is 19.0 Å². The molecule has 0 saturated carbocycles. The van der Waals surface area contributed by atoms with Gasteiger partial charge in [0, 0.05) is 22.2 Å². The number of hydrogen-bond acceptors (Lipinski definition) is 7. The Labute approximate surface area is 253 Å². The minimum atomic E-state index is -0.871. The minimum Gasteiger partial charge on any atom is -0.497 e. The topological polar surface area (TPSA) is 82.8 Å². The van der Waals surface area contributed by atoms with Crippen LogP contribution >= 0.6 is 11.3 Å².